The van der Waals surface area contributed by atoms with Crippen LogP contribution >= 0.6 is 11.8 Å². The van der Waals surface area contributed by atoms with E-state index in [1.165, 1.54) is 21.6 Å². The van der Waals surface area contributed by atoms with Crippen LogP contribution < -0.4 is 0 Å². The number of fused-ring (bicyclic) bond motifs is 1. The van der Waals surface area contributed by atoms with Gasteiger partial charge < -0.3 is 0 Å². The fourth-order valence-corrected chi connectivity index (χ4v) is 4.04. The Kier molecular flexibility index (Phi) is 4.37. The number of thioether (sulfide) groups is 1. The van der Waals surface area contributed by atoms with E-state index in [0.717, 1.165) is 17.5 Å². The molecule has 0 nitrogen and oxygen atoms in total. The molecule has 23 heavy (non-hydrogen) atoms. The van der Waals surface area contributed by atoms with E-state index >= 15 is 0 Å². The summed E-state index contributed by atoms with van der Waals surface area (Å²) in [5.41, 5.74) is 6.20. The van der Waals surface area contributed by atoms with Crippen molar-refractivity contribution in [2.75, 3.05) is 0 Å². The van der Waals surface area contributed by atoms with Crippen molar-refractivity contribution in [1.29, 1.82) is 0 Å². The maximum atomic E-state index is 3.31. The van der Waals surface area contributed by atoms with E-state index < -0.39 is 0 Å². The molecule has 1 aliphatic heterocycles. The maximum absolute atomic E-state index is 3.31. The van der Waals surface area contributed by atoms with Crippen LogP contribution in [0.5, 0.6) is 0 Å². The highest BCUT2D eigenvalue weighted by Crippen LogP contribution is 2.44. The Bertz CT molecular complexity index is 811. The van der Waals surface area contributed by atoms with Crippen molar-refractivity contribution in [1.82, 2.24) is 0 Å². The van der Waals surface area contributed by atoms with Gasteiger partial charge in [0.2, 0.25) is 0 Å². The Morgan fingerprint density at radius 3 is 2.30 bits per heavy atom. The minimum Gasteiger partial charge on any atom is -0.115 e. The van der Waals surface area contributed by atoms with Crippen LogP contribution in [0.2, 0.25) is 0 Å². The number of rotatable bonds is 1. The molecular formula is C22H22S. The third-order valence-corrected chi connectivity index (χ3v) is 5.22. The highest BCUT2D eigenvalue weighted by Gasteiger charge is 2.25. The second-order valence-electron chi connectivity index (χ2n) is 6.56. The van der Waals surface area contributed by atoms with Gasteiger partial charge in [-0.3, -0.25) is 0 Å². The van der Waals surface area contributed by atoms with Gasteiger partial charge in [-0.25, -0.2) is 0 Å². The van der Waals surface area contributed by atoms with E-state index in [-0.39, 0.29) is 4.75 Å². The molecule has 3 rings (SSSR count). The lowest BCUT2D eigenvalue weighted by Crippen LogP contribution is -2.15. The van der Waals surface area contributed by atoms with Gasteiger partial charge in [0.1, 0.15) is 0 Å². The standard InChI is InChI=1S/C22H22S/c1-5-19-15-22(3,4)23-21-13-12-18(14-20(19)21)11-10-17-8-6-16(2)7-9-17/h6-9,12-15H,5H2,1-4H3. The Labute approximate surface area is 144 Å². The second-order valence-corrected chi connectivity index (χ2v) is 8.25. The molecule has 0 aromatic heterocycles. The molecule has 1 heteroatoms. The average Bonchev–Trinajstić information content (AvgIpc) is 2.53. The highest BCUT2D eigenvalue weighted by molar-refractivity contribution is 8.01. The first-order chi connectivity index (χ1) is 11.0. The number of hydrogen-bond acceptors (Lipinski definition) is 1. The summed E-state index contributed by atoms with van der Waals surface area (Å²) in [6.07, 6.45) is 3.46. The SMILES string of the molecule is CCC1=CC(C)(C)Sc2ccc(C#Cc3ccc(C)cc3)cc21. The molecule has 2 aromatic rings. The summed E-state index contributed by atoms with van der Waals surface area (Å²) < 4.78 is 0.174. The van der Waals surface area contributed by atoms with Crippen LogP contribution in [0.15, 0.2) is 53.4 Å². The molecular weight excluding hydrogens is 296 g/mol. The zero-order valence-corrected chi connectivity index (χ0v) is 15.1. The van der Waals surface area contributed by atoms with Crippen LogP contribution in [0.3, 0.4) is 0 Å². The van der Waals surface area contributed by atoms with Gasteiger partial charge in [-0.05, 0) is 68.7 Å². The van der Waals surface area contributed by atoms with Crippen molar-refractivity contribution < 1.29 is 0 Å². The zero-order chi connectivity index (χ0) is 16.4. The number of benzene rings is 2. The van der Waals surface area contributed by atoms with E-state index in [2.05, 4.69) is 88.1 Å². The third kappa shape index (κ3) is 3.71. The molecule has 1 aliphatic rings. The predicted octanol–water partition coefficient (Wildman–Crippen LogP) is 6.07. The summed E-state index contributed by atoms with van der Waals surface area (Å²) in [4.78, 5) is 1.37. The van der Waals surface area contributed by atoms with E-state index in [1.807, 2.05) is 11.8 Å². The van der Waals surface area contributed by atoms with Crippen LogP contribution in [0.4, 0.5) is 0 Å². The largest absolute Gasteiger partial charge is 0.115 e. The Balaban J connectivity index is 1.94. The van der Waals surface area contributed by atoms with Gasteiger partial charge in [-0.2, -0.15) is 0 Å². The van der Waals surface area contributed by atoms with Gasteiger partial charge in [0.15, 0.2) is 0 Å². The summed E-state index contributed by atoms with van der Waals surface area (Å²) in [5.74, 6) is 6.58. The quantitative estimate of drug-likeness (QED) is 0.575. The van der Waals surface area contributed by atoms with Crippen molar-refractivity contribution in [3.05, 3.63) is 70.8 Å². The van der Waals surface area contributed by atoms with Crippen molar-refractivity contribution in [3.8, 4) is 11.8 Å². The van der Waals surface area contributed by atoms with Crippen molar-refractivity contribution in [2.24, 2.45) is 0 Å². The van der Waals surface area contributed by atoms with E-state index in [9.17, 15) is 0 Å². The number of aryl methyl sites for hydroxylation is 1. The third-order valence-electron chi connectivity index (χ3n) is 4.00. The Hall–Kier alpha value is -1.91. The normalized spacial score (nSPS) is 15.2. The van der Waals surface area contributed by atoms with Gasteiger partial charge in [0, 0.05) is 20.8 Å². The molecule has 0 amide bonds. The average molecular weight is 318 g/mol. The second kappa shape index (κ2) is 6.30. The van der Waals surface area contributed by atoms with Crippen LogP contribution in [0.1, 0.15) is 49.4 Å². The van der Waals surface area contributed by atoms with Gasteiger partial charge in [-0.15, -0.1) is 11.8 Å². The lowest BCUT2D eigenvalue weighted by atomic mass is 9.96. The smallest absolute Gasteiger partial charge is 0.0335 e. The first kappa shape index (κ1) is 16.0. The molecule has 0 atom stereocenters. The minimum atomic E-state index is 0.174. The molecule has 2 aromatic carbocycles. The summed E-state index contributed by atoms with van der Waals surface area (Å²) >= 11 is 1.93. The molecule has 0 radical (unpaired) electrons. The highest BCUT2D eigenvalue weighted by atomic mass is 32.2. The molecule has 0 aliphatic carbocycles. The molecule has 0 spiro atoms. The molecule has 0 fully saturated rings. The van der Waals surface area contributed by atoms with Crippen molar-refractivity contribution in [3.63, 3.8) is 0 Å². The predicted molar refractivity (Wildman–Crippen MR) is 102 cm³/mol. The van der Waals surface area contributed by atoms with Crippen LogP contribution in [-0.2, 0) is 0 Å². The Morgan fingerprint density at radius 2 is 1.61 bits per heavy atom. The Morgan fingerprint density at radius 1 is 0.957 bits per heavy atom. The summed E-state index contributed by atoms with van der Waals surface area (Å²) in [6.45, 7) is 8.88. The molecule has 1 heterocycles. The number of hydrogen-bond donors (Lipinski definition) is 0. The first-order valence-corrected chi connectivity index (χ1v) is 8.92. The van der Waals surface area contributed by atoms with Gasteiger partial charge in [0.25, 0.3) is 0 Å². The topological polar surface area (TPSA) is 0 Å². The molecule has 0 bridgehead atoms. The molecule has 0 saturated carbocycles. The molecule has 116 valence electrons. The van der Waals surface area contributed by atoms with E-state index in [4.69, 9.17) is 0 Å². The van der Waals surface area contributed by atoms with Gasteiger partial charge in [0.05, 0.1) is 0 Å². The molecule has 0 unspecified atom stereocenters. The van der Waals surface area contributed by atoms with Crippen LogP contribution in [-0.4, -0.2) is 4.75 Å². The van der Waals surface area contributed by atoms with Crippen LogP contribution in [0.25, 0.3) is 5.57 Å². The zero-order valence-electron chi connectivity index (χ0n) is 14.2. The minimum absolute atomic E-state index is 0.174. The van der Waals surface area contributed by atoms with Gasteiger partial charge >= 0.3 is 0 Å². The monoisotopic (exact) mass is 318 g/mol. The van der Waals surface area contributed by atoms with E-state index in [0.29, 0.717) is 0 Å². The maximum Gasteiger partial charge on any atom is 0.0335 e. The lowest BCUT2D eigenvalue weighted by molar-refractivity contribution is 0.885. The summed E-state index contributed by atoms with van der Waals surface area (Å²) in [5, 5.41) is 0. The van der Waals surface area contributed by atoms with Crippen molar-refractivity contribution in [2.45, 2.75) is 43.8 Å². The molecule has 0 saturated heterocycles. The number of allylic oxidation sites excluding steroid dienone is 1. The fourth-order valence-electron chi connectivity index (χ4n) is 2.83. The first-order valence-electron chi connectivity index (χ1n) is 8.11. The summed E-state index contributed by atoms with van der Waals surface area (Å²) in [7, 11) is 0. The van der Waals surface area contributed by atoms with Crippen LogP contribution in [0, 0.1) is 18.8 Å². The van der Waals surface area contributed by atoms with Gasteiger partial charge in [-0.1, -0.05) is 42.5 Å². The summed E-state index contributed by atoms with van der Waals surface area (Å²) in [6, 6.07) is 15.0. The molecule has 0 N–H and O–H groups in total. The van der Waals surface area contributed by atoms with E-state index in [1.54, 1.807) is 0 Å². The van der Waals surface area contributed by atoms with Crippen molar-refractivity contribution >= 4 is 17.3 Å². The fraction of sp³-hybridized carbons (Fsp3) is 0.273. The lowest BCUT2D eigenvalue weighted by Gasteiger charge is -2.29.